The molecule has 2 aliphatic carbocycles. The number of nitrogens with zero attached hydrogens (tertiary/aromatic N) is 1. The number of carbonyl (C=O) groups is 1. The van der Waals surface area contributed by atoms with E-state index in [-0.39, 0.29) is 24.6 Å². The SMILES string of the molecule is CC(C(=O)NC1C2CCC(C2)C1CO)N1CCCCCC1. The predicted octanol–water partition coefficient (Wildman–Crippen LogP) is 1.77. The minimum Gasteiger partial charge on any atom is -0.396 e. The Morgan fingerprint density at radius 2 is 1.86 bits per heavy atom. The number of aliphatic hydroxyl groups excluding tert-OH is 1. The average Bonchev–Trinajstić information content (AvgIpc) is 2.97. The summed E-state index contributed by atoms with van der Waals surface area (Å²) in [5.41, 5.74) is 0. The van der Waals surface area contributed by atoms with Crippen LogP contribution in [0.3, 0.4) is 0 Å². The fourth-order valence-corrected chi connectivity index (χ4v) is 4.83. The van der Waals surface area contributed by atoms with Crippen molar-refractivity contribution in [1.82, 2.24) is 10.2 Å². The van der Waals surface area contributed by atoms with Gasteiger partial charge in [0.25, 0.3) is 0 Å². The molecule has 21 heavy (non-hydrogen) atoms. The molecule has 3 rings (SSSR count). The summed E-state index contributed by atoms with van der Waals surface area (Å²) in [5, 5.41) is 12.9. The molecule has 3 fully saturated rings. The number of likely N-dealkylation sites (tertiary alicyclic amines) is 1. The van der Waals surface area contributed by atoms with Crippen molar-refractivity contribution in [2.45, 2.75) is 64.0 Å². The lowest BCUT2D eigenvalue weighted by molar-refractivity contribution is -0.127. The molecule has 2 N–H and O–H groups in total. The van der Waals surface area contributed by atoms with Crippen LogP contribution in [0, 0.1) is 17.8 Å². The summed E-state index contributed by atoms with van der Waals surface area (Å²) in [6, 6.07) is 0.192. The molecule has 0 aromatic rings. The van der Waals surface area contributed by atoms with Crippen molar-refractivity contribution in [1.29, 1.82) is 0 Å². The molecule has 4 nitrogen and oxygen atoms in total. The summed E-state index contributed by atoms with van der Waals surface area (Å²) in [6.45, 7) is 4.37. The number of hydrogen-bond acceptors (Lipinski definition) is 3. The molecule has 0 radical (unpaired) electrons. The maximum absolute atomic E-state index is 12.6. The molecule has 1 heterocycles. The van der Waals surface area contributed by atoms with Crippen molar-refractivity contribution in [2.24, 2.45) is 17.8 Å². The minimum atomic E-state index is -0.0263. The van der Waals surface area contributed by atoms with Crippen LogP contribution in [-0.4, -0.2) is 47.7 Å². The molecule has 5 atom stereocenters. The van der Waals surface area contributed by atoms with Crippen molar-refractivity contribution in [3.63, 3.8) is 0 Å². The van der Waals surface area contributed by atoms with E-state index in [9.17, 15) is 9.90 Å². The number of carbonyl (C=O) groups excluding carboxylic acids is 1. The first-order chi connectivity index (χ1) is 10.2. The zero-order valence-corrected chi connectivity index (χ0v) is 13.3. The molecule has 5 unspecified atom stereocenters. The molecule has 1 aliphatic heterocycles. The van der Waals surface area contributed by atoms with Crippen LogP contribution >= 0.6 is 0 Å². The highest BCUT2D eigenvalue weighted by Crippen LogP contribution is 2.48. The predicted molar refractivity (Wildman–Crippen MR) is 82.8 cm³/mol. The first-order valence-electron chi connectivity index (χ1n) is 8.86. The van der Waals surface area contributed by atoms with Crippen molar-refractivity contribution < 1.29 is 9.90 Å². The lowest BCUT2D eigenvalue weighted by Crippen LogP contribution is -2.52. The summed E-state index contributed by atoms with van der Waals surface area (Å²) >= 11 is 0. The summed E-state index contributed by atoms with van der Waals surface area (Å²) in [4.78, 5) is 15.0. The van der Waals surface area contributed by atoms with E-state index < -0.39 is 0 Å². The highest BCUT2D eigenvalue weighted by atomic mass is 16.3. The van der Waals surface area contributed by atoms with Gasteiger partial charge in [-0.25, -0.2) is 0 Å². The molecule has 1 amide bonds. The summed E-state index contributed by atoms with van der Waals surface area (Å²) < 4.78 is 0. The van der Waals surface area contributed by atoms with E-state index in [0.29, 0.717) is 17.8 Å². The second kappa shape index (κ2) is 6.66. The number of hydrogen-bond donors (Lipinski definition) is 2. The van der Waals surface area contributed by atoms with Gasteiger partial charge in [0.15, 0.2) is 0 Å². The van der Waals surface area contributed by atoms with Crippen molar-refractivity contribution in [2.75, 3.05) is 19.7 Å². The monoisotopic (exact) mass is 294 g/mol. The van der Waals surface area contributed by atoms with E-state index in [1.54, 1.807) is 0 Å². The summed E-state index contributed by atoms with van der Waals surface area (Å²) in [6.07, 6.45) is 8.69. The van der Waals surface area contributed by atoms with E-state index >= 15 is 0 Å². The van der Waals surface area contributed by atoms with Crippen LogP contribution in [0.5, 0.6) is 0 Å². The van der Waals surface area contributed by atoms with E-state index in [1.165, 1.54) is 44.9 Å². The Balaban J connectivity index is 1.57. The van der Waals surface area contributed by atoms with E-state index in [0.717, 1.165) is 13.1 Å². The Morgan fingerprint density at radius 1 is 1.19 bits per heavy atom. The zero-order chi connectivity index (χ0) is 14.8. The third kappa shape index (κ3) is 3.11. The van der Waals surface area contributed by atoms with Crippen LogP contribution in [0.25, 0.3) is 0 Å². The maximum Gasteiger partial charge on any atom is 0.237 e. The molecule has 0 aromatic heterocycles. The molecule has 120 valence electrons. The van der Waals surface area contributed by atoms with Crippen molar-refractivity contribution in [3.05, 3.63) is 0 Å². The fraction of sp³-hybridized carbons (Fsp3) is 0.941. The zero-order valence-electron chi connectivity index (χ0n) is 13.3. The van der Waals surface area contributed by atoms with E-state index in [4.69, 9.17) is 0 Å². The largest absolute Gasteiger partial charge is 0.396 e. The molecule has 2 bridgehead atoms. The highest BCUT2D eigenvalue weighted by molar-refractivity contribution is 5.81. The number of amides is 1. The smallest absolute Gasteiger partial charge is 0.237 e. The van der Waals surface area contributed by atoms with Gasteiger partial charge in [-0.05, 0) is 64.0 Å². The first kappa shape index (κ1) is 15.3. The Labute approximate surface area is 128 Å². The van der Waals surface area contributed by atoms with Crippen LogP contribution < -0.4 is 5.32 Å². The number of nitrogens with one attached hydrogen (secondary N) is 1. The molecule has 0 aromatic carbocycles. The van der Waals surface area contributed by atoms with Crippen LogP contribution in [0.4, 0.5) is 0 Å². The first-order valence-corrected chi connectivity index (χ1v) is 8.86. The van der Waals surface area contributed by atoms with E-state index in [2.05, 4.69) is 10.2 Å². The van der Waals surface area contributed by atoms with Crippen molar-refractivity contribution in [3.8, 4) is 0 Å². The second-order valence-corrected chi connectivity index (χ2v) is 7.34. The van der Waals surface area contributed by atoms with Gasteiger partial charge in [-0.1, -0.05) is 12.8 Å². The standard InChI is InChI=1S/C17H30N2O2/c1-12(19-8-4-2-3-5-9-19)17(21)18-16-14-7-6-13(10-14)15(16)11-20/h12-16,20H,2-11H2,1H3,(H,18,21). The molecule has 4 heteroatoms. The topological polar surface area (TPSA) is 52.6 Å². The molecular formula is C17H30N2O2. The third-order valence-electron chi connectivity index (χ3n) is 6.18. The molecule has 1 saturated heterocycles. The lowest BCUT2D eigenvalue weighted by Gasteiger charge is -2.33. The number of aliphatic hydroxyl groups is 1. The van der Waals surface area contributed by atoms with Gasteiger partial charge in [-0.15, -0.1) is 0 Å². The van der Waals surface area contributed by atoms with Gasteiger partial charge >= 0.3 is 0 Å². The number of rotatable bonds is 4. The third-order valence-corrected chi connectivity index (χ3v) is 6.18. The van der Waals surface area contributed by atoms with Gasteiger partial charge < -0.3 is 10.4 Å². The Morgan fingerprint density at radius 3 is 2.52 bits per heavy atom. The molecule has 2 saturated carbocycles. The van der Waals surface area contributed by atoms with E-state index in [1.807, 2.05) is 6.92 Å². The van der Waals surface area contributed by atoms with Gasteiger partial charge in [-0.3, -0.25) is 9.69 Å². The minimum absolute atomic E-state index is 0.0263. The van der Waals surface area contributed by atoms with Gasteiger partial charge in [-0.2, -0.15) is 0 Å². The average molecular weight is 294 g/mol. The van der Waals surface area contributed by atoms with Gasteiger partial charge in [0.2, 0.25) is 5.91 Å². The van der Waals surface area contributed by atoms with Gasteiger partial charge in [0.05, 0.1) is 6.04 Å². The van der Waals surface area contributed by atoms with Crippen LogP contribution in [0.1, 0.15) is 51.9 Å². The number of fused-ring (bicyclic) bond motifs is 2. The summed E-state index contributed by atoms with van der Waals surface area (Å²) in [5.74, 6) is 1.71. The molecular weight excluding hydrogens is 264 g/mol. The van der Waals surface area contributed by atoms with Crippen LogP contribution in [0.15, 0.2) is 0 Å². The van der Waals surface area contributed by atoms with Crippen LogP contribution in [0.2, 0.25) is 0 Å². The maximum atomic E-state index is 12.6. The molecule has 0 spiro atoms. The van der Waals surface area contributed by atoms with Gasteiger partial charge in [0, 0.05) is 18.6 Å². The van der Waals surface area contributed by atoms with Gasteiger partial charge in [0.1, 0.15) is 0 Å². The van der Waals surface area contributed by atoms with Crippen LogP contribution in [-0.2, 0) is 4.79 Å². The second-order valence-electron chi connectivity index (χ2n) is 7.34. The van der Waals surface area contributed by atoms with Crippen molar-refractivity contribution >= 4 is 5.91 Å². The fourth-order valence-electron chi connectivity index (χ4n) is 4.83. The Bertz CT molecular complexity index is 366. The normalized spacial score (nSPS) is 38.2. The summed E-state index contributed by atoms with van der Waals surface area (Å²) in [7, 11) is 0. The Kier molecular flexibility index (Phi) is 4.85. The quantitative estimate of drug-likeness (QED) is 0.831. The molecule has 3 aliphatic rings. The highest BCUT2D eigenvalue weighted by Gasteiger charge is 2.48. The Hall–Kier alpha value is -0.610. The lowest BCUT2D eigenvalue weighted by atomic mass is 9.85.